The Kier molecular flexibility index (Phi) is 6.17. The van der Waals surface area contributed by atoms with E-state index in [1.54, 1.807) is 6.07 Å². The van der Waals surface area contributed by atoms with E-state index in [-0.39, 0.29) is 18.4 Å². The molecular weight excluding hydrogens is 270 g/mol. The Hall–Kier alpha value is -0.710. The zero-order valence-electron chi connectivity index (χ0n) is 11.3. The first-order valence-electron chi connectivity index (χ1n) is 6.48. The minimum absolute atomic E-state index is 0. The second-order valence-electron chi connectivity index (χ2n) is 4.96. The maximum absolute atomic E-state index is 13.8. The number of nitrogens with one attached hydrogen (secondary N) is 1. The van der Waals surface area contributed by atoms with Crippen molar-refractivity contribution in [1.29, 1.82) is 0 Å². The summed E-state index contributed by atoms with van der Waals surface area (Å²) in [5, 5.41) is 3.27. The van der Waals surface area contributed by atoms with E-state index in [0.717, 1.165) is 32.0 Å². The minimum atomic E-state index is -0.518. The molecule has 1 aliphatic rings. The molecule has 108 valence electrons. The number of likely N-dealkylation sites (tertiary alicyclic amines) is 1. The molecule has 0 spiro atoms. The molecule has 0 aliphatic carbocycles. The fourth-order valence-corrected chi connectivity index (χ4v) is 2.63. The lowest BCUT2D eigenvalue weighted by Gasteiger charge is -2.37. The van der Waals surface area contributed by atoms with Crippen LogP contribution in [-0.4, -0.2) is 31.1 Å². The van der Waals surface area contributed by atoms with E-state index in [0.29, 0.717) is 11.6 Å². The first-order chi connectivity index (χ1) is 8.61. The van der Waals surface area contributed by atoms with Gasteiger partial charge in [0.2, 0.25) is 0 Å². The second-order valence-corrected chi connectivity index (χ2v) is 4.96. The fourth-order valence-electron chi connectivity index (χ4n) is 2.63. The highest BCUT2D eigenvalue weighted by Gasteiger charge is 2.24. The van der Waals surface area contributed by atoms with Gasteiger partial charge >= 0.3 is 0 Å². The minimum Gasteiger partial charge on any atom is -0.316 e. The zero-order chi connectivity index (χ0) is 13.1. The van der Waals surface area contributed by atoms with Gasteiger partial charge in [-0.15, -0.1) is 12.4 Å². The van der Waals surface area contributed by atoms with E-state index in [1.807, 2.05) is 14.0 Å². The highest BCUT2D eigenvalue weighted by Crippen LogP contribution is 2.26. The lowest BCUT2D eigenvalue weighted by Crippen LogP contribution is -2.45. The van der Waals surface area contributed by atoms with Gasteiger partial charge in [0.1, 0.15) is 11.6 Å². The van der Waals surface area contributed by atoms with E-state index in [9.17, 15) is 8.78 Å². The van der Waals surface area contributed by atoms with E-state index >= 15 is 0 Å². The van der Waals surface area contributed by atoms with E-state index < -0.39 is 11.6 Å². The van der Waals surface area contributed by atoms with Crippen molar-refractivity contribution < 1.29 is 8.78 Å². The molecule has 1 aromatic rings. The summed E-state index contributed by atoms with van der Waals surface area (Å²) in [6.07, 6.45) is 2.27. The number of rotatable bonds is 3. The molecule has 1 fully saturated rings. The van der Waals surface area contributed by atoms with Gasteiger partial charge in [-0.05, 0) is 39.4 Å². The number of hydrogen-bond donors (Lipinski definition) is 1. The Bertz CT molecular complexity index is 414. The number of likely N-dealkylation sites (N-methyl/N-ethyl adjacent to an activating group) is 1. The monoisotopic (exact) mass is 290 g/mol. The number of halogens is 3. The van der Waals surface area contributed by atoms with Gasteiger partial charge in [0.15, 0.2) is 0 Å². The SMILES string of the molecule is CNC1CCCN(C(C)c2ccc(F)cc2F)C1.Cl. The van der Waals surface area contributed by atoms with Crippen molar-refractivity contribution in [2.24, 2.45) is 0 Å². The van der Waals surface area contributed by atoms with Crippen LogP contribution in [0.25, 0.3) is 0 Å². The molecule has 2 rings (SSSR count). The molecule has 0 saturated carbocycles. The summed E-state index contributed by atoms with van der Waals surface area (Å²) in [6.45, 7) is 3.86. The average Bonchev–Trinajstić information content (AvgIpc) is 2.38. The van der Waals surface area contributed by atoms with Crippen LogP contribution in [-0.2, 0) is 0 Å². The molecule has 2 nitrogen and oxygen atoms in total. The van der Waals surface area contributed by atoms with Gasteiger partial charge in [0.25, 0.3) is 0 Å². The maximum Gasteiger partial charge on any atom is 0.130 e. The molecule has 19 heavy (non-hydrogen) atoms. The van der Waals surface area contributed by atoms with E-state index in [2.05, 4.69) is 10.2 Å². The summed E-state index contributed by atoms with van der Waals surface area (Å²) in [5.41, 5.74) is 0.577. The number of piperidine rings is 1. The van der Waals surface area contributed by atoms with Crippen molar-refractivity contribution in [1.82, 2.24) is 10.2 Å². The molecule has 2 atom stereocenters. The van der Waals surface area contributed by atoms with Crippen molar-refractivity contribution in [3.05, 3.63) is 35.4 Å². The predicted octanol–water partition coefficient (Wildman–Crippen LogP) is 3.13. The van der Waals surface area contributed by atoms with Crippen LogP contribution in [0.1, 0.15) is 31.4 Å². The van der Waals surface area contributed by atoms with E-state index in [4.69, 9.17) is 0 Å². The molecule has 0 amide bonds. The second kappa shape index (κ2) is 7.17. The van der Waals surface area contributed by atoms with Gasteiger partial charge < -0.3 is 5.32 Å². The Labute approximate surface area is 119 Å². The first-order valence-corrected chi connectivity index (χ1v) is 6.48. The van der Waals surface area contributed by atoms with Crippen LogP contribution >= 0.6 is 12.4 Å². The van der Waals surface area contributed by atoms with Crippen LogP contribution in [0.5, 0.6) is 0 Å². The summed E-state index contributed by atoms with van der Waals surface area (Å²) >= 11 is 0. The van der Waals surface area contributed by atoms with Crippen LogP contribution < -0.4 is 5.32 Å². The van der Waals surface area contributed by atoms with E-state index in [1.165, 1.54) is 6.07 Å². The largest absolute Gasteiger partial charge is 0.316 e. The molecule has 0 radical (unpaired) electrons. The van der Waals surface area contributed by atoms with Crippen molar-refractivity contribution in [3.63, 3.8) is 0 Å². The Morgan fingerprint density at radius 3 is 2.74 bits per heavy atom. The van der Waals surface area contributed by atoms with Crippen LogP contribution in [0.3, 0.4) is 0 Å². The van der Waals surface area contributed by atoms with Gasteiger partial charge in [-0.3, -0.25) is 4.90 Å². The third-order valence-electron chi connectivity index (χ3n) is 3.82. The summed E-state index contributed by atoms with van der Waals surface area (Å²) in [4.78, 5) is 2.25. The predicted molar refractivity (Wildman–Crippen MR) is 75.7 cm³/mol. The molecule has 1 N–H and O–H groups in total. The summed E-state index contributed by atoms with van der Waals surface area (Å²) < 4.78 is 26.7. The molecule has 1 saturated heterocycles. The molecule has 2 unspecified atom stereocenters. The maximum atomic E-state index is 13.8. The van der Waals surface area contributed by atoms with Crippen molar-refractivity contribution in [2.45, 2.75) is 31.8 Å². The van der Waals surface area contributed by atoms with Gasteiger partial charge in [-0.25, -0.2) is 8.78 Å². The highest BCUT2D eigenvalue weighted by molar-refractivity contribution is 5.85. The smallest absolute Gasteiger partial charge is 0.130 e. The van der Waals surface area contributed by atoms with Gasteiger partial charge in [-0.2, -0.15) is 0 Å². The molecule has 1 aromatic carbocycles. The molecule has 1 aliphatic heterocycles. The van der Waals surface area contributed by atoms with Crippen molar-refractivity contribution >= 4 is 12.4 Å². The number of nitrogens with zero attached hydrogens (tertiary/aromatic N) is 1. The fraction of sp³-hybridized carbons (Fsp3) is 0.571. The van der Waals surface area contributed by atoms with Gasteiger partial charge in [-0.1, -0.05) is 6.07 Å². The van der Waals surface area contributed by atoms with Gasteiger partial charge in [0, 0.05) is 30.3 Å². The molecule has 0 bridgehead atoms. The highest BCUT2D eigenvalue weighted by atomic mass is 35.5. The topological polar surface area (TPSA) is 15.3 Å². The van der Waals surface area contributed by atoms with Crippen molar-refractivity contribution in [3.8, 4) is 0 Å². The quantitative estimate of drug-likeness (QED) is 0.920. The van der Waals surface area contributed by atoms with Gasteiger partial charge in [0.05, 0.1) is 0 Å². The Morgan fingerprint density at radius 1 is 1.37 bits per heavy atom. The molecule has 5 heteroatoms. The number of benzene rings is 1. The first kappa shape index (κ1) is 16.3. The number of hydrogen-bond acceptors (Lipinski definition) is 2. The van der Waals surface area contributed by atoms with Crippen LogP contribution in [0.2, 0.25) is 0 Å². The normalized spacial score (nSPS) is 21.8. The zero-order valence-corrected chi connectivity index (χ0v) is 12.1. The lowest BCUT2D eigenvalue weighted by molar-refractivity contribution is 0.147. The third-order valence-corrected chi connectivity index (χ3v) is 3.82. The lowest BCUT2D eigenvalue weighted by atomic mass is 10.00. The summed E-state index contributed by atoms with van der Waals surface area (Å²) in [7, 11) is 1.96. The Balaban J connectivity index is 0.00000180. The standard InChI is InChI=1S/C14H20F2N2.ClH/c1-10(13-6-5-11(15)8-14(13)16)18-7-3-4-12(9-18)17-2;/h5-6,8,10,12,17H,3-4,7,9H2,1-2H3;1H. The van der Waals surface area contributed by atoms with Crippen molar-refractivity contribution in [2.75, 3.05) is 20.1 Å². The molecular formula is C14H21ClF2N2. The summed E-state index contributed by atoms with van der Waals surface area (Å²) in [6, 6.07) is 4.30. The van der Waals surface area contributed by atoms with Crippen LogP contribution in [0.4, 0.5) is 8.78 Å². The van der Waals surface area contributed by atoms with Crippen LogP contribution in [0.15, 0.2) is 18.2 Å². The summed E-state index contributed by atoms with van der Waals surface area (Å²) in [5.74, 6) is -0.968. The third kappa shape index (κ3) is 3.88. The molecule has 0 aromatic heterocycles. The van der Waals surface area contributed by atoms with Crippen LogP contribution in [0, 0.1) is 11.6 Å². The molecule has 1 heterocycles. The Morgan fingerprint density at radius 2 is 2.11 bits per heavy atom. The average molecular weight is 291 g/mol.